The van der Waals surface area contributed by atoms with Crippen molar-refractivity contribution >= 4 is 22.6 Å². The molecule has 1 unspecified atom stereocenters. The van der Waals surface area contributed by atoms with Crippen molar-refractivity contribution in [1.82, 2.24) is 0 Å². The first kappa shape index (κ1) is 14.2. The highest BCUT2D eigenvalue weighted by Gasteiger charge is 2.20. The first-order valence-corrected chi connectivity index (χ1v) is 7.38. The molecule has 0 fully saturated rings. The number of methoxy groups -OCH3 is 1. The summed E-state index contributed by atoms with van der Waals surface area (Å²) in [6, 6.07) is 4.98. The van der Waals surface area contributed by atoms with Gasteiger partial charge in [0.1, 0.15) is 11.6 Å². The number of nitrogens with one attached hydrogen (secondary N) is 1. The zero-order valence-electron chi connectivity index (χ0n) is 11.4. The zero-order valence-corrected chi connectivity index (χ0v) is 12.3. The summed E-state index contributed by atoms with van der Waals surface area (Å²) in [5.74, 6) is 1.93. The number of nitrogens with zero attached hydrogens (tertiary/aromatic N) is 1. The maximum absolute atomic E-state index is 13.7. The minimum Gasteiger partial charge on any atom is -0.497 e. The van der Waals surface area contributed by atoms with E-state index in [4.69, 9.17) is 4.74 Å². The highest BCUT2D eigenvalue weighted by molar-refractivity contribution is 8.14. The van der Waals surface area contributed by atoms with Crippen LogP contribution in [-0.2, 0) is 0 Å². The average molecular weight is 282 g/mol. The molecule has 104 valence electrons. The average Bonchev–Trinajstić information content (AvgIpc) is 2.78. The van der Waals surface area contributed by atoms with Crippen molar-refractivity contribution in [3.63, 3.8) is 0 Å². The molecule has 5 heteroatoms. The number of aliphatic imine (C=N–C) groups is 1. The van der Waals surface area contributed by atoms with Crippen LogP contribution in [-0.4, -0.2) is 24.1 Å². The molecule has 1 aromatic rings. The monoisotopic (exact) mass is 282 g/mol. The summed E-state index contributed by atoms with van der Waals surface area (Å²) in [5, 5.41) is 3.83. The van der Waals surface area contributed by atoms with E-state index in [2.05, 4.69) is 24.2 Å². The van der Waals surface area contributed by atoms with E-state index in [-0.39, 0.29) is 5.82 Å². The van der Waals surface area contributed by atoms with Gasteiger partial charge in [-0.3, -0.25) is 4.99 Å². The molecular weight excluding hydrogens is 263 g/mol. The molecule has 0 spiro atoms. The van der Waals surface area contributed by atoms with Gasteiger partial charge in [0, 0.05) is 11.8 Å². The van der Waals surface area contributed by atoms with Crippen molar-refractivity contribution in [3.05, 3.63) is 24.0 Å². The van der Waals surface area contributed by atoms with Crippen molar-refractivity contribution in [3.8, 4) is 5.75 Å². The van der Waals surface area contributed by atoms with Crippen LogP contribution in [0, 0.1) is 11.7 Å². The Balaban J connectivity index is 2.05. The third kappa shape index (κ3) is 3.86. The lowest BCUT2D eigenvalue weighted by atomic mass is 10.1. The lowest BCUT2D eigenvalue weighted by Crippen LogP contribution is -2.08. The number of rotatable bonds is 4. The van der Waals surface area contributed by atoms with Crippen molar-refractivity contribution < 1.29 is 9.13 Å². The number of amidine groups is 1. The van der Waals surface area contributed by atoms with Gasteiger partial charge in [0.05, 0.1) is 18.8 Å². The topological polar surface area (TPSA) is 33.6 Å². The maximum atomic E-state index is 13.7. The molecule has 0 aliphatic carbocycles. The molecule has 2 rings (SSSR count). The van der Waals surface area contributed by atoms with E-state index in [1.165, 1.54) is 6.07 Å². The molecule has 0 aromatic heterocycles. The van der Waals surface area contributed by atoms with Crippen LogP contribution in [0.2, 0.25) is 0 Å². The fourth-order valence-corrected chi connectivity index (χ4v) is 2.96. The number of halogens is 1. The van der Waals surface area contributed by atoms with Crippen LogP contribution in [0.1, 0.15) is 20.3 Å². The van der Waals surface area contributed by atoms with Gasteiger partial charge >= 0.3 is 0 Å². The van der Waals surface area contributed by atoms with Gasteiger partial charge in [-0.2, -0.15) is 0 Å². The van der Waals surface area contributed by atoms with E-state index in [0.29, 0.717) is 23.4 Å². The molecule has 0 bridgehead atoms. The summed E-state index contributed by atoms with van der Waals surface area (Å²) in [6.07, 6.45) is 1.07. The number of hydrogen-bond donors (Lipinski definition) is 1. The minimum absolute atomic E-state index is 0.295. The predicted molar refractivity (Wildman–Crippen MR) is 79.7 cm³/mol. The molecule has 0 amide bonds. The van der Waals surface area contributed by atoms with Crippen molar-refractivity contribution in [2.45, 2.75) is 26.3 Å². The Hall–Kier alpha value is -1.23. The normalized spacial score (nSPS) is 18.6. The molecule has 0 saturated carbocycles. The highest BCUT2D eigenvalue weighted by atomic mass is 32.2. The van der Waals surface area contributed by atoms with Gasteiger partial charge in [0.15, 0.2) is 5.17 Å². The van der Waals surface area contributed by atoms with Gasteiger partial charge in [0.2, 0.25) is 0 Å². The summed E-state index contributed by atoms with van der Waals surface area (Å²) in [7, 11) is 1.57. The van der Waals surface area contributed by atoms with E-state index in [1.54, 1.807) is 31.0 Å². The quantitative estimate of drug-likeness (QED) is 0.913. The van der Waals surface area contributed by atoms with Gasteiger partial charge in [0.25, 0.3) is 0 Å². The standard InChI is InChI=1S/C14H19FN2OS/c1-9(2)6-10-8-19-14(16-10)17-13-7-11(18-3)4-5-12(13)15/h4-5,7,9-10H,6,8H2,1-3H3,(H,16,17). The van der Waals surface area contributed by atoms with E-state index in [1.807, 2.05) is 0 Å². The fourth-order valence-electron chi connectivity index (χ4n) is 1.99. The van der Waals surface area contributed by atoms with Crippen LogP contribution in [0.3, 0.4) is 0 Å². The van der Waals surface area contributed by atoms with E-state index < -0.39 is 0 Å². The van der Waals surface area contributed by atoms with Crippen LogP contribution < -0.4 is 10.1 Å². The van der Waals surface area contributed by atoms with Gasteiger partial charge in [-0.05, 0) is 24.5 Å². The molecule has 0 radical (unpaired) electrons. The lowest BCUT2D eigenvalue weighted by Gasteiger charge is -2.08. The van der Waals surface area contributed by atoms with Crippen molar-refractivity contribution in [1.29, 1.82) is 0 Å². The third-order valence-electron chi connectivity index (χ3n) is 2.87. The Labute approximate surface area is 117 Å². The van der Waals surface area contributed by atoms with Crippen LogP contribution in [0.4, 0.5) is 10.1 Å². The molecule has 1 aliphatic heterocycles. The summed E-state index contributed by atoms with van der Waals surface area (Å²) in [5.41, 5.74) is 0.413. The van der Waals surface area contributed by atoms with E-state index in [9.17, 15) is 4.39 Å². The number of hydrogen-bond acceptors (Lipinski definition) is 4. The van der Waals surface area contributed by atoms with Crippen molar-refractivity contribution in [2.24, 2.45) is 10.9 Å². The third-order valence-corrected chi connectivity index (χ3v) is 3.90. The first-order chi connectivity index (χ1) is 9.08. The number of ether oxygens (including phenoxy) is 1. The molecular formula is C14H19FN2OS. The highest BCUT2D eigenvalue weighted by Crippen LogP contribution is 2.27. The Morgan fingerprint density at radius 3 is 3.00 bits per heavy atom. The van der Waals surface area contributed by atoms with Crippen molar-refractivity contribution in [2.75, 3.05) is 18.2 Å². The zero-order chi connectivity index (χ0) is 13.8. The van der Waals surface area contributed by atoms with Crippen LogP contribution in [0.25, 0.3) is 0 Å². The second-order valence-corrected chi connectivity index (χ2v) is 6.01. The first-order valence-electron chi connectivity index (χ1n) is 6.39. The molecule has 1 heterocycles. The molecule has 1 atom stereocenters. The van der Waals surface area contributed by atoms with Crippen LogP contribution in [0.15, 0.2) is 23.2 Å². The largest absolute Gasteiger partial charge is 0.497 e. The Morgan fingerprint density at radius 1 is 1.53 bits per heavy atom. The predicted octanol–water partition coefficient (Wildman–Crippen LogP) is 3.76. The second-order valence-electron chi connectivity index (χ2n) is 5.00. The van der Waals surface area contributed by atoms with Gasteiger partial charge < -0.3 is 10.1 Å². The summed E-state index contributed by atoms with van der Waals surface area (Å²) >= 11 is 1.64. The summed E-state index contributed by atoms with van der Waals surface area (Å²) < 4.78 is 18.8. The van der Waals surface area contributed by atoms with E-state index >= 15 is 0 Å². The molecule has 3 nitrogen and oxygen atoms in total. The van der Waals surface area contributed by atoms with Crippen LogP contribution >= 0.6 is 11.8 Å². The maximum Gasteiger partial charge on any atom is 0.161 e. The minimum atomic E-state index is -0.295. The Kier molecular flexibility index (Phi) is 4.69. The fraction of sp³-hybridized carbons (Fsp3) is 0.500. The summed E-state index contributed by atoms with van der Waals surface area (Å²) in [4.78, 5) is 4.58. The molecule has 0 saturated heterocycles. The molecule has 1 aliphatic rings. The second kappa shape index (κ2) is 6.28. The van der Waals surface area contributed by atoms with Gasteiger partial charge in [-0.25, -0.2) is 4.39 Å². The van der Waals surface area contributed by atoms with Gasteiger partial charge in [-0.15, -0.1) is 0 Å². The Bertz CT molecular complexity index is 477. The molecule has 19 heavy (non-hydrogen) atoms. The summed E-state index contributed by atoms with van der Waals surface area (Å²) in [6.45, 7) is 4.38. The SMILES string of the molecule is COc1ccc(F)c(NC2=NC(CC(C)C)CS2)c1. The lowest BCUT2D eigenvalue weighted by molar-refractivity contribution is 0.414. The van der Waals surface area contributed by atoms with Crippen LogP contribution in [0.5, 0.6) is 5.75 Å². The molecule has 1 N–H and O–H groups in total. The van der Waals surface area contributed by atoms with Gasteiger partial charge in [-0.1, -0.05) is 25.6 Å². The van der Waals surface area contributed by atoms with E-state index in [0.717, 1.165) is 17.3 Å². The number of benzene rings is 1. The molecule has 1 aromatic carbocycles. The number of anilines is 1. The smallest absolute Gasteiger partial charge is 0.161 e. The number of thioether (sulfide) groups is 1. The Morgan fingerprint density at radius 2 is 2.32 bits per heavy atom.